The van der Waals surface area contributed by atoms with Gasteiger partial charge in [-0.05, 0) is 43.2 Å². The summed E-state index contributed by atoms with van der Waals surface area (Å²) in [4.78, 5) is 16.5. The Morgan fingerprint density at radius 2 is 2.03 bits per heavy atom. The van der Waals surface area contributed by atoms with E-state index in [2.05, 4.69) is 22.0 Å². The number of benzene rings is 1. The molecule has 1 aliphatic heterocycles. The summed E-state index contributed by atoms with van der Waals surface area (Å²) in [6.45, 7) is 7.94. The van der Waals surface area contributed by atoms with Gasteiger partial charge < -0.3 is 5.32 Å². The molecule has 2 heterocycles. The van der Waals surface area contributed by atoms with Crippen molar-refractivity contribution in [3.63, 3.8) is 0 Å². The number of hydrogen-bond acceptors (Lipinski definition) is 3. The molecule has 0 aliphatic carbocycles. The summed E-state index contributed by atoms with van der Waals surface area (Å²) in [6, 6.07) is 6.18. The second kappa shape index (κ2) is 10.6. The van der Waals surface area contributed by atoms with Crippen LogP contribution in [-0.4, -0.2) is 21.9 Å². The molecule has 5 nitrogen and oxygen atoms in total. The number of nitrogens with one attached hydrogen (secondary N) is 1. The summed E-state index contributed by atoms with van der Waals surface area (Å²) in [5.74, 6) is -0.579. The van der Waals surface area contributed by atoms with Crippen LogP contribution in [0.2, 0.25) is 0 Å². The lowest BCUT2D eigenvalue weighted by Gasteiger charge is -2.10. The molecule has 32 heavy (non-hydrogen) atoms. The molecule has 0 radical (unpaired) electrons. The van der Waals surface area contributed by atoms with E-state index in [-0.39, 0.29) is 23.2 Å². The summed E-state index contributed by atoms with van der Waals surface area (Å²) in [5, 5.41) is 8.08. The van der Waals surface area contributed by atoms with Gasteiger partial charge in [0.2, 0.25) is 5.91 Å². The second-order valence-electron chi connectivity index (χ2n) is 7.20. The largest absolute Gasteiger partial charge is 0.323 e. The lowest BCUT2D eigenvalue weighted by Crippen LogP contribution is -2.23. The SMILES string of the molecule is C=C(/C=C\c1c(CC)nn(-c2ccc(F)cc2)c1C)CC(=O)NC1=C(Cl)CC=NC=C1Cl. The fraction of sp³-hybridized carbons (Fsp3) is 0.208. The standard InChI is InChI=1S/C24H23Cl2FN4O/c1-4-22-19(16(3)31(30-22)18-8-6-17(27)7-9-18)10-5-15(2)13-23(32)29-24-20(25)11-12-28-14-21(24)26/h5-10,12,14H,2,4,11,13H2,1,3H3,(H,29,32)/b10-5-. The van der Waals surface area contributed by atoms with Gasteiger partial charge in [0.1, 0.15) is 5.82 Å². The summed E-state index contributed by atoms with van der Waals surface area (Å²) in [6.07, 6.45) is 7.93. The fourth-order valence-electron chi connectivity index (χ4n) is 3.21. The van der Waals surface area contributed by atoms with Crippen molar-refractivity contribution in [2.24, 2.45) is 4.99 Å². The van der Waals surface area contributed by atoms with Crippen molar-refractivity contribution in [3.05, 3.63) is 87.2 Å². The minimum atomic E-state index is -0.297. The third-order valence-corrected chi connectivity index (χ3v) is 5.49. The van der Waals surface area contributed by atoms with Crippen LogP contribution < -0.4 is 5.32 Å². The first-order valence-corrected chi connectivity index (χ1v) is 10.8. The Morgan fingerprint density at radius 1 is 1.31 bits per heavy atom. The second-order valence-corrected chi connectivity index (χ2v) is 8.06. The number of hydrogen-bond donors (Lipinski definition) is 1. The van der Waals surface area contributed by atoms with Gasteiger partial charge in [0, 0.05) is 35.1 Å². The molecule has 3 rings (SSSR count). The predicted octanol–water partition coefficient (Wildman–Crippen LogP) is 5.96. The van der Waals surface area contributed by atoms with Crippen LogP contribution >= 0.6 is 23.2 Å². The Morgan fingerprint density at radius 3 is 2.72 bits per heavy atom. The van der Waals surface area contributed by atoms with Gasteiger partial charge in [-0.2, -0.15) is 5.10 Å². The van der Waals surface area contributed by atoms with Crippen molar-refractivity contribution in [1.29, 1.82) is 0 Å². The number of amides is 1. The number of aliphatic imine (C=N–C) groups is 1. The van der Waals surface area contributed by atoms with E-state index in [1.54, 1.807) is 29.1 Å². The molecule has 1 aromatic carbocycles. The Hall–Kier alpha value is -2.96. The average molecular weight is 473 g/mol. The van der Waals surface area contributed by atoms with Gasteiger partial charge in [0.05, 0.1) is 28.5 Å². The molecule has 1 amide bonds. The van der Waals surface area contributed by atoms with E-state index in [1.165, 1.54) is 18.3 Å². The highest BCUT2D eigenvalue weighted by Crippen LogP contribution is 2.24. The summed E-state index contributed by atoms with van der Waals surface area (Å²) >= 11 is 12.3. The van der Waals surface area contributed by atoms with Crippen molar-refractivity contribution in [2.45, 2.75) is 33.1 Å². The van der Waals surface area contributed by atoms with E-state index in [0.29, 0.717) is 22.7 Å². The van der Waals surface area contributed by atoms with Gasteiger partial charge >= 0.3 is 0 Å². The minimum absolute atomic E-state index is 0.0712. The number of rotatable bonds is 7. The van der Waals surface area contributed by atoms with Crippen molar-refractivity contribution < 1.29 is 9.18 Å². The minimum Gasteiger partial charge on any atom is -0.323 e. The van der Waals surface area contributed by atoms with Crippen LogP contribution in [0.1, 0.15) is 36.7 Å². The molecule has 166 valence electrons. The van der Waals surface area contributed by atoms with Crippen LogP contribution in [0.5, 0.6) is 0 Å². The third-order valence-electron chi connectivity index (χ3n) is 4.86. The van der Waals surface area contributed by atoms with Crippen molar-refractivity contribution >= 4 is 41.4 Å². The zero-order chi connectivity index (χ0) is 23.3. The topological polar surface area (TPSA) is 59.3 Å². The third kappa shape index (κ3) is 5.64. The van der Waals surface area contributed by atoms with Crippen molar-refractivity contribution in [1.82, 2.24) is 15.1 Å². The van der Waals surface area contributed by atoms with E-state index < -0.39 is 0 Å². The molecule has 1 aliphatic rings. The molecule has 0 saturated heterocycles. The molecule has 0 fully saturated rings. The summed E-state index contributed by atoms with van der Waals surface area (Å²) in [5.41, 5.74) is 4.49. The average Bonchev–Trinajstić information content (AvgIpc) is 3.00. The Bertz CT molecular complexity index is 1160. The first kappa shape index (κ1) is 23.7. The van der Waals surface area contributed by atoms with E-state index >= 15 is 0 Å². The maximum absolute atomic E-state index is 13.3. The quantitative estimate of drug-likeness (QED) is 0.505. The molecule has 0 saturated carbocycles. The molecule has 0 unspecified atom stereocenters. The van der Waals surface area contributed by atoms with Crippen molar-refractivity contribution in [2.75, 3.05) is 0 Å². The molecular formula is C24H23Cl2FN4O. The Labute approximate surface area is 196 Å². The number of aryl methyl sites for hydroxylation is 1. The number of carbonyl (C=O) groups excluding carboxylic acids is 1. The molecule has 8 heteroatoms. The van der Waals surface area contributed by atoms with Gasteiger partial charge in [-0.1, -0.05) is 48.9 Å². The van der Waals surface area contributed by atoms with E-state index in [4.69, 9.17) is 23.2 Å². The highest BCUT2D eigenvalue weighted by atomic mass is 35.5. The molecule has 2 aromatic rings. The van der Waals surface area contributed by atoms with Crippen LogP contribution in [-0.2, 0) is 11.2 Å². The van der Waals surface area contributed by atoms with Gasteiger partial charge in [-0.25, -0.2) is 9.07 Å². The molecule has 0 spiro atoms. The van der Waals surface area contributed by atoms with Crippen LogP contribution in [0, 0.1) is 12.7 Å². The van der Waals surface area contributed by atoms with E-state index in [1.807, 2.05) is 19.9 Å². The van der Waals surface area contributed by atoms with Crippen LogP contribution in [0.25, 0.3) is 11.8 Å². The number of halogens is 3. The Balaban J connectivity index is 1.72. The van der Waals surface area contributed by atoms with Crippen LogP contribution in [0.4, 0.5) is 4.39 Å². The van der Waals surface area contributed by atoms with E-state index in [0.717, 1.165) is 29.1 Å². The zero-order valence-corrected chi connectivity index (χ0v) is 19.3. The molecule has 1 aromatic heterocycles. The normalized spacial score (nSPS) is 14.0. The van der Waals surface area contributed by atoms with Gasteiger partial charge in [-0.15, -0.1) is 0 Å². The maximum atomic E-state index is 13.3. The maximum Gasteiger partial charge on any atom is 0.228 e. The Kier molecular flexibility index (Phi) is 7.83. The lowest BCUT2D eigenvalue weighted by atomic mass is 10.1. The number of aromatic nitrogens is 2. The van der Waals surface area contributed by atoms with Gasteiger partial charge in [0.25, 0.3) is 0 Å². The van der Waals surface area contributed by atoms with Crippen LogP contribution in [0.3, 0.4) is 0 Å². The fourth-order valence-corrected chi connectivity index (χ4v) is 3.69. The molecule has 0 atom stereocenters. The first-order chi connectivity index (χ1) is 15.3. The highest BCUT2D eigenvalue weighted by molar-refractivity contribution is 6.36. The first-order valence-electron chi connectivity index (χ1n) is 10.1. The lowest BCUT2D eigenvalue weighted by molar-refractivity contribution is -0.119. The molecular weight excluding hydrogens is 450 g/mol. The number of carbonyl (C=O) groups is 1. The summed E-state index contributed by atoms with van der Waals surface area (Å²) < 4.78 is 15.1. The van der Waals surface area contributed by atoms with Crippen molar-refractivity contribution in [3.8, 4) is 5.69 Å². The summed E-state index contributed by atoms with van der Waals surface area (Å²) in [7, 11) is 0. The monoisotopic (exact) mass is 472 g/mol. The molecule has 1 N–H and O–H groups in total. The van der Waals surface area contributed by atoms with E-state index in [9.17, 15) is 9.18 Å². The zero-order valence-electron chi connectivity index (χ0n) is 17.8. The number of allylic oxidation sites excluding steroid dienone is 3. The van der Waals surface area contributed by atoms with Gasteiger partial charge in [0.15, 0.2) is 0 Å². The highest BCUT2D eigenvalue weighted by Gasteiger charge is 2.15. The van der Waals surface area contributed by atoms with Crippen LogP contribution in [0.15, 0.2) is 69.4 Å². The van der Waals surface area contributed by atoms with Gasteiger partial charge in [-0.3, -0.25) is 9.79 Å². The predicted molar refractivity (Wildman–Crippen MR) is 128 cm³/mol. The smallest absolute Gasteiger partial charge is 0.228 e. The molecule has 0 bridgehead atoms. The number of nitrogens with zero attached hydrogens (tertiary/aromatic N) is 3.